The molecule has 0 heterocycles. The highest BCUT2D eigenvalue weighted by molar-refractivity contribution is 7.89. The van der Waals surface area contributed by atoms with Gasteiger partial charge in [0.15, 0.2) is 0 Å². The molecule has 35 heavy (non-hydrogen) atoms. The van der Waals surface area contributed by atoms with Gasteiger partial charge in [-0.1, -0.05) is 44.5 Å². The number of sulfonamides is 1. The SMILES string of the molecule is CC[C@H](C(=O)NCC(C)C)N(Cc1cccc(OC)c1)C(=O)CN(C)S(=O)(=O)c1ccc(Cl)cc1. The molecule has 2 rings (SSSR count). The van der Waals surface area contributed by atoms with Crippen LogP contribution in [-0.4, -0.2) is 62.7 Å². The molecule has 0 aromatic heterocycles. The van der Waals surface area contributed by atoms with Gasteiger partial charge in [-0.15, -0.1) is 0 Å². The molecule has 192 valence electrons. The lowest BCUT2D eigenvalue weighted by Gasteiger charge is -2.32. The average molecular weight is 524 g/mol. The van der Waals surface area contributed by atoms with Gasteiger partial charge in [0.2, 0.25) is 21.8 Å². The maximum Gasteiger partial charge on any atom is 0.243 e. The lowest BCUT2D eigenvalue weighted by atomic mass is 10.1. The van der Waals surface area contributed by atoms with E-state index in [9.17, 15) is 18.0 Å². The Bertz CT molecular complexity index is 1110. The number of hydrogen-bond donors (Lipinski definition) is 1. The zero-order valence-electron chi connectivity index (χ0n) is 20.8. The number of amides is 2. The first kappa shape index (κ1) is 28.6. The summed E-state index contributed by atoms with van der Waals surface area (Å²) in [7, 11) is -1.05. The molecule has 0 bridgehead atoms. The largest absolute Gasteiger partial charge is 0.497 e. The number of carbonyl (C=O) groups is 2. The van der Waals surface area contributed by atoms with Gasteiger partial charge in [0.1, 0.15) is 11.8 Å². The second kappa shape index (κ2) is 12.9. The zero-order chi connectivity index (χ0) is 26.2. The Morgan fingerprint density at radius 1 is 1.11 bits per heavy atom. The number of likely N-dealkylation sites (N-methyl/N-ethyl adjacent to an activating group) is 1. The minimum Gasteiger partial charge on any atom is -0.497 e. The Hall–Kier alpha value is -2.62. The van der Waals surface area contributed by atoms with Crippen molar-refractivity contribution in [1.29, 1.82) is 0 Å². The van der Waals surface area contributed by atoms with Crippen LogP contribution in [0.1, 0.15) is 32.8 Å². The van der Waals surface area contributed by atoms with Crippen LogP contribution in [0.25, 0.3) is 0 Å². The van der Waals surface area contributed by atoms with E-state index in [1.807, 2.05) is 26.8 Å². The third kappa shape index (κ3) is 7.95. The van der Waals surface area contributed by atoms with Crippen LogP contribution >= 0.6 is 11.6 Å². The Kier molecular flexibility index (Phi) is 10.5. The Labute approximate surface area is 213 Å². The molecule has 8 nitrogen and oxygen atoms in total. The molecule has 2 amide bonds. The van der Waals surface area contributed by atoms with Gasteiger partial charge >= 0.3 is 0 Å². The van der Waals surface area contributed by atoms with Gasteiger partial charge < -0.3 is 15.0 Å². The summed E-state index contributed by atoms with van der Waals surface area (Å²) in [6, 6.07) is 12.2. The van der Waals surface area contributed by atoms with E-state index in [1.165, 1.54) is 36.2 Å². The van der Waals surface area contributed by atoms with Crippen molar-refractivity contribution in [1.82, 2.24) is 14.5 Å². The van der Waals surface area contributed by atoms with E-state index in [0.29, 0.717) is 23.7 Å². The Morgan fingerprint density at radius 3 is 2.34 bits per heavy atom. The number of nitrogens with one attached hydrogen (secondary N) is 1. The number of ether oxygens (including phenoxy) is 1. The predicted octanol–water partition coefficient (Wildman–Crippen LogP) is 3.55. The highest BCUT2D eigenvalue weighted by Crippen LogP contribution is 2.20. The van der Waals surface area contributed by atoms with Crippen LogP contribution in [0.2, 0.25) is 5.02 Å². The van der Waals surface area contributed by atoms with Gasteiger partial charge in [0, 0.05) is 25.2 Å². The molecule has 0 unspecified atom stereocenters. The van der Waals surface area contributed by atoms with E-state index < -0.39 is 28.5 Å². The molecule has 0 saturated heterocycles. The monoisotopic (exact) mass is 523 g/mol. The quantitative estimate of drug-likeness (QED) is 0.459. The molecule has 2 aromatic carbocycles. The maximum absolute atomic E-state index is 13.5. The molecule has 0 aliphatic heterocycles. The van der Waals surface area contributed by atoms with Crippen molar-refractivity contribution in [3.63, 3.8) is 0 Å². The number of hydrogen-bond acceptors (Lipinski definition) is 5. The molecule has 0 fully saturated rings. The first-order chi connectivity index (χ1) is 16.5. The van der Waals surface area contributed by atoms with Crippen molar-refractivity contribution < 1.29 is 22.7 Å². The fourth-order valence-electron chi connectivity index (χ4n) is 3.46. The number of carbonyl (C=O) groups excluding carboxylic acids is 2. The third-order valence-electron chi connectivity index (χ3n) is 5.44. The smallest absolute Gasteiger partial charge is 0.243 e. The van der Waals surface area contributed by atoms with Crippen LogP contribution in [-0.2, 0) is 26.2 Å². The van der Waals surface area contributed by atoms with Crippen molar-refractivity contribution in [2.75, 3.05) is 27.2 Å². The van der Waals surface area contributed by atoms with Crippen LogP contribution in [0.3, 0.4) is 0 Å². The summed E-state index contributed by atoms with van der Waals surface area (Å²) in [6.07, 6.45) is 0.368. The normalized spacial score (nSPS) is 12.5. The highest BCUT2D eigenvalue weighted by Gasteiger charge is 2.31. The van der Waals surface area contributed by atoms with Crippen LogP contribution in [0.5, 0.6) is 5.75 Å². The van der Waals surface area contributed by atoms with Crippen molar-refractivity contribution >= 4 is 33.4 Å². The van der Waals surface area contributed by atoms with Gasteiger partial charge in [-0.2, -0.15) is 4.31 Å². The van der Waals surface area contributed by atoms with Crippen molar-refractivity contribution in [2.24, 2.45) is 5.92 Å². The summed E-state index contributed by atoms with van der Waals surface area (Å²) in [5.41, 5.74) is 0.760. The van der Waals surface area contributed by atoms with E-state index >= 15 is 0 Å². The Balaban J connectivity index is 2.33. The summed E-state index contributed by atoms with van der Waals surface area (Å²) in [6.45, 7) is 5.95. The fraction of sp³-hybridized carbons (Fsp3) is 0.440. The van der Waals surface area contributed by atoms with Crippen LogP contribution in [0.15, 0.2) is 53.4 Å². The third-order valence-corrected chi connectivity index (χ3v) is 7.51. The van der Waals surface area contributed by atoms with E-state index in [1.54, 1.807) is 25.3 Å². The number of halogens is 1. The topological polar surface area (TPSA) is 96.0 Å². The maximum atomic E-state index is 13.5. The summed E-state index contributed by atoms with van der Waals surface area (Å²) in [5, 5.41) is 3.30. The van der Waals surface area contributed by atoms with Gasteiger partial charge in [-0.05, 0) is 54.3 Å². The molecule has 1 atom stereocenters. The predicted molar refractivity (Wildman–Crippen MR) is 137 cm³/mol. The fourth-order valence-corrected chi connectivity index (χ4v) is 4.71. The zero-order valence-corrected chi connectivity index (χ0v) is 22.4. The lowest BCUT2D eigenvalue weighted by Crippen LogP contribution is -2.52. The molecule has 0 radical (unpaired) electrons. The molecule has 10 heteroatoms. The van der Waals surface area contributed by atoms with E-state index in [2.05, 4.69) is 5.32 Å². The summed E-state index contributed by atoms with van der Waals surface area (Å²) >= 11 is 5.88. The summed E-state index contributed by atoms with van der Waals surface area (Å²) in [4.78, 5) is 27.9. The Morgan fingerprint density at radius 2 is 1.77 bits per heavy atom. The highest BCUT2D eigenvalue weighted by atomic mass is 35.5. The van der Waals surface area contributed by atoms with Gasteiger partial charge in [0.05, 0.1) is 18.6 Å². The minimum atomic E-state index is -3.94. The average Bonchev–Trinajstić information content (AvgIpc) is 2.82. The lowest BCUT2D eigenvalue weighted by molar-refractivity contribution is -0.141. The van der Waals surface area contributed by atoms with E-state index in [-0.39, 0.29) is 23.3 Å². The first-order valence-corrected chi connectivity index (χ1v) is 13.2. The molecular weight excluding hydrogens is 490 g/mol. The van der Waals surface area contributed by atoms with Gasteiger partial charge in [-0.3, -0.25) is 9.59 Å². The van der Waals surface area contributed by atoms with Crippen LogP contribution in [0, 0.1) is 5.92 Å². The standard InChI is InChI=1S/C25H34ClN3O5S/c1-6-23(25(31)27-15-18(2)3)29(16-19-8-7-9-21(14-19)34-5)24(30)17-28(4)35(32,33)22-12-10-20(26)11-13-22/h7-14,18,23H,6,15-17H2,1-5H3,(H,27,31)/t23-/m1/s1. The molecule has 0 saturated carbocycles. The number of nitrogens with zero attached hydrogens (tertiary/aromatic N) is 2. The number of benzene rings is 2. The number of rotatable bonds is 12. The van der Waals surface area contributed by atoms with Crippen LogP contribution < -0.4 is 10.1 Å². The van der Waals surface area contributed by atoms with Crippen molar-refractivity contribution in [3.8, 4) is 5.75 Å². The van der Waals surface area contributed by atoms with Crippen molar-refractivity contribution in [2.45, 2.75) is 44.7 Å². The molecule has 0 spiro atoms. The second-order valence-corrected chi connectivity index (χ2v) is 11.1. The summed E-state index contributed by atoms with van der Waals surface area (Å²) in [5.74, 6) is 0.101. The molecule has 2 aromatic rings. The first-order valence-electron chi connectivity index (χ1n) is 11.4. The molecular formula is C25H34ClN3O5S. The molecule has 1 N–H and O–H groups in total. The van der Waals surface area contributed by atoms with E-state index in [0.717, 1.165) is 9.87 Å². The van der Waals surface area contributed by atoms with Crippen LogP contribution in [0.4, 0.5) is 0 Å². The summed E-state index contributed by atoms with van der Waals surface area (Å²) < 4.78 is 32.3. The second-order valence-electron chi connectivity index (χ2n) is 8.65. The minimum absolute atomic E-state index is 0.0262. The van der Waals surface area contributed by atoms with Gasteiger partial charge in [0.25, 0.3) is 0 Å². The molecule has 0 aliphatic rings. The van der Waals surface area contributed by atoms with Crippen molar-refractivity contribution in [3.05, 3.63) is 59.1 Å². The number of methoxy groups -OCH3 is 1. The van der Waals surface area contributed by atoms with E-state index in [4.69, 9.17) is 16.3 Å². The molecule has 0 aliphatic carbocycles. The van der Waals surface area contributed by atoms with Gasteiger partial charge in [-0.25, -0.2) is 8.42 Å².